The number of carbonyl (C=O) groups excluding carboxylic acids is 1. The van der Waals surface area contributed by atoms with Crippen molar-refractivity contribution in [1.82, 2.24) is 4.98 Å². The zero-order valence-electron chi connectivity index (χ0n) is 10.4. The van der Waals surface area contributed by atoms with Crippen LogP contribution in [0.25, 0.3) is 0 Å². The van der Waals surface area contributed by atoms with E-state index < -0.39 is 16.6 Å². The number of ether oxygens (including phenoxy) is 1. The summed E-state index contributed by atoms with van der Waals surface area (Å²) in [5.41, 5.74) is 5.44. The maximum Gasteiger partial charge on any atom is 0.345 e. The summed E-state index contributed by atoms with van der Waals surface area (Å²) in [7, 11) is 0. The number of hydrogen-bond acceptors (Lipinski definition) is 6. The molecule has 0 aliphatic heterocycles. The summed E-state index contributed by atoms with van der Waals surface area (Å²) in [5.74, 6) is -1.13. The fraction of sp³-hybridized carbons (Fsp3) is 0.0769. The van der Waals surface area contributed by atoms with E-state index in [9.17, 15) is 14.9 Å². The van der Waals surface area contributed by atoms with Crippen LogP contribution in [-0.2, 0) is 11.3 Å². The monoisotopic (exact) mass is 273 g/mol. The van der Waals surface area contributed by atoms with Crippen molar-refractivity contribution in [2.75, 3.05) is 5.73 Å². The number of anilines is 1. The van der Waals surface area contributed by atoms with Crippen molar-refractivity contribution in [3.05, 3.63) is 63.8 Å². The Morgan fingerprint density at radius 2 is 2.00 bits per heavy atom. The molecule has 7 nitrogen and oxygen atoms in total. The van der Waals surface area contributed by atoms with E-state index in [-0.39, 0.29) is 18.0 Å². The topological polar surface area (TPSA) is 108 Å². The third kappa shape index (κ3) is 2.89. The molecule has 0 aliphatic carbocycles. The van der Waals surface area contributed by atoms with Crippen molar-refractivity contribution < 1.29 is 14.5 Å². The first-order valence-electron chi connectivity index (χ1n) is 5.69. The summed E-state index contributed by atoms with van der Waals surface area (Å²) >= 11 is 0. The number of nitrogen functional groups attached to an aromatic ring is 1. The lowest BCUT2D eigenvalue weighted by Crippen LogP contribution is -2.10. The van der Waals surface area contributed by atoms with Crippen LogP contribution < -0.4 is 5.73 Å². The largest absolute Gasteiger partial charge is 0.457 e. The predicted molar refractivity (Wildman–Crippen MR) is 70.9 cm³/mol. The highest BCUT2D eigenvalue weighted by Crippen LogP contribution is 2.24. The minimum atomic E-state index is -0.811. The summed E-state index contributed by atoms with van der Waals surface area (Å²) in [4.78, 5) is 25.6. The Labute approximate surface area is 114 Å². The first-order valence-corrected chi connectivity index (χ1v) is 5.69. The highest BCUT2D eigenvalue weighted by molar-refractivity contribution is 5.95. The number of esters is 1. The van der Waals surface area contributed by atoms with Crippen LogP contribution in [0.15, 0.2) is 42.6 Å². The van der Waals surface area contributed by atoms with Crippen molar-refractivity contribution in [2.24, 2.45) is 0 Å². The quantitative estimate of drug-likeness (QED) is 0.518. The lowest BCUT2D eigenvalue weighted by atomic mass is 10.2. The fourth-order valence-corrected chi connectivity index (χ4v) is 1.63. The molecule has 0 spiro atoms. The van der Waals surface area contributed by atoms with Crippen LogP contribution in [0.1, 0.15) is 15.9 Å². The molecular weight excluding hydrogens is 262 g/mol. The van der Waals surface area contributed by atoms with Crippen molar-refractivity contribution in [2.45, 2.75) is 6.61 Å². The molecule has 0 saturated heterocycles. The molecule has 1 aromatic carbocycles. The van der Waals surface area contributed by atoms with Gasteiger partial charge in [-0.3, -0.25) is 10.1 Å². The molecule has 1 aromatic heterocycles. The van der Waals surface area contributed by atoms with Gasteiger partial charge < -0.3 is 10.5 Å². The Bertz CT molecular complexity index is 643. The average Bonchev–Trinajstić information content (AvgIpc) is 2.45. The minimum absolute atomic E-state index is 0.0268. The van der Waals surface area contributed by atoms with Crippen molar-refractivity contribution in [1.29, 1.82) is 0 Å². The van der Waals surface area contributed by atoms with Crippen LogP contribution in [0.2, 0.25) is 0 Å². The summed E-state index contributed by atoms with van der Waals surface area (Å²) in [6, 6.07) is 10.2. The zero-order chi connectivity index (χ0) is 14.5. The Kier molecular flexibility index (Phi) is 3.90. The minimum Gasteiger partial charge on any atom is -0.457 e. The smallest absolute Gasteiger partial charge is 0.345 e. The first-order chi connectivity index (χ1) is 9.59. The van der Waals surface area contributed by atoms with E-state index in [2.05, 4.69) is 4.98 Å². The molecule has 0 saturated carbocycles. The normalized spacial score (nSPS) is 10.0. The third-order valence-corrected chi connectivity index (χ3v) is 2.57. The van der Waals surface area contributed by atoms with Gasteiger partial charge >= 0.3 is 11.7 Å². The van der Waals surface area contributed by atoms with Gasteiger partial charge in [0, 0.05) is 6.20 Å². The second-order valence-corrected chi connectivity index (χ2v) is 3.91. The standard InChI is InChI=1S/C13H11N3O4/c14-12-11(16(18)19)10(6-7-15-12)13(17)20-8-9-4-2-1-3-5-9/h1-7H,8H2,(H2,14,15). The van der Waals surface area contributed by atoms with E-state index in [0.29, 0.717) is 0 Å². The number of nitrogens with zero attached hydrogens (tertiary/aromatic N) is 2. The molecule has 0 fully saturated rings. The Hall–Kier alpha value is -2.96. The number of rotatable bonds is 4. The van der Waals surface area contributed by atoms with Gasteiger partial charge in [-0.25, -0.2) is 9.78 Å². The van der Waals surface area contributed by atoms with Gasteiger partial charge in [0.05, 0.1) is 4.92 Å². The van der Waals surface area contributed by atoms with Crippen molar-refractivity contribution in [3.63, 3.8) is 0 Å². The second kappa shape index (κ2) is 5.79. The molecule has 0 amide bonds. The Morgan fingerprint density at radius 1 is 1.30 bits per heavy atom. The molecule has 0 aliphatic rings. The SMILES string of the molecule is Nc1nccc(C(=O)OCc2ccccc2)c1[N+](=O)[O-]. The van der Waals surface area contributed by atoms with E-state index >= 15 is 0 Å². The zero-order valence-corrected chi connectivity index (χ0v) is 10.4. The van der Waals surface area contributed by atoms with Crippen LogP contribution in [0.4, 0.5) is 11.5 Å². The summed E-state index contributed by atoms with van der Waals surface area (Å²) < 4.78 is 5.03. The molecule has 2 aromatic rings. The highest BCUT2D eigenvalue weighted by Gasteiger charge is 2.25. The lowest BCUT2D eigenvalue weighted by molar-refractivity contribution is -0.384. The molecule has 0 atom stereocenters. The molecular formula is C13H11N3O4. The fourth-order valence-electron chi connectivity index (χ4n) is 1.63. The summed E-state index contributed by atoms with van der Waals surface area (Å²) in [6.07, 6.45) is 1.22. The molecule has 2 rings (SSSR count). The highest BCUT2D eigenvalue weighted by atomic mass is 16.6. The van der Waals surface area contributed by atoms with Gasteiger partial charge in [-0.2, -0.15) is 0 Å². The van der Waals surface area contributed by atoms with Gasteiger partial charge in [0.1, 0.15) is 12.2 Å². The lowest BCUT2D eigenvalue weighted by Gasteiger charge is -2.06. The molecule has 0 radical (unpaired) electrons. The van der Waals surface area contributed by atoms with Gasteiger partial charge in [-0.1, -0.05) is 30.3 Å². The van der Waals surface area contributed by atoms with Crippen LogP contribution in [-0.4, -0.2) is 15.9 Å². The molecule has 1 heterocycles. The average molecular weight is 273 g/mol. The Balaban J connectivity index is 2.18. The molecule has 0 bridgehead atoms. The molecule has 7 heteroatoms. The van der Waals surface area contributed by atoms with Gasteiger partial charge in [-0.05, 0) is 11.6 Å². The van der Waals surface area contributed by atoms with E-state index in [1.807, 2.05) is 6.07 Å². The van der Waals surface area contributed by atoms with Gasteiger partial charge in [0.2, 0.25) is 5.82 Å². The second-order valence-electron chi connectivity index (χ2n) is 3.91. The summed E-state index contributed by atoms with van der Waals surface area (Å²) in [5, 5.41) is 10.9. The number of nitro groups is 1. The van der Waals surface area contributed by atoms with Gasteiger partial charge in [-0.15, -0.1) is 0 Å². The molecule has 0 unspecified atom stereocenters. The first kappa shape index (κ1) is 13.5. The molecule has 102 valence electrons. The number of carbonyl (C=O) groups is 1. The van der Waals surface area contributed by atoms with Crippen LogP contribution in [0.5, 0.6) is 0 Å². The number of benzene rings is 1. The number of aromatic nitrogens is 1. The number of pyridine rings is 1. The van der Waals surface area contributed by atoms with E-state index in [0.717, 1.165) is 5.56 Å². The van der Waals surface area contributed by atoms with Crippen LogP contribution in [0, 0.1) is 10.1 Å². The number of nitrogens with two attached hydrogens (primary N) is 1. The number of hydrogen-bond donors (Lipinski definition) is 1. The summed E-state index contributed by atoms with van der Waals surface area (Å²) in [6.45, 7) is 0.0268. The maximum atomic E-state index is 11.9. The maximum absolute atomic E-state index is 11.9. The van der Waals surface area contributed by atoms with Gasteiger partial charge in [0.25, 0.3) is 0 Å². The Morgan fingerprint density at radius 3 is 2.65 bits per heavy atom. The van der Waals surface area contributed by atoms with Gasteiger partial charge in [0.15, 0.2) is 0 Å². The van der Waals surface area contributed by atoms with Crippen molar-refractivity contribution >= 4 is 17.5 Å². The van der Waals surface area contributed by atoms with E-state index in [4.69, 9.17) is 10.5 Å². The van der Waals surface area contributed by atoms with Crippen molar-refractivity contribution in [3.8, 4) is 0 Å². The van der Waals surface area contributed by atoms with E-state index in [1.165, 1.54) is 12.3 Å². The molecule has 20 heavy (non-hydrogen) atoms. The van der Waals surface area contributed by atoms with E-state index in [1.54, 1.807) is 24.3 Å². The third-order valence-electron chi connectivity index (χ3n) is 2.57. The van der Waals surface area contributed by atoms with Crippen LogP contribution >= 0.6 is 0 Å². The van der Waals surface area contributed by atoms with Crippen LogP contribution in [0.3, 0.4) is 0 Å². The predicted octanol–water partition coefficient (Wildman–Crippen LogP) is 1.93. The molecule has 2 N–H and O–H groups in total.